The van der Waals surface area contributed by atoms with E-state index in [0.29, 0.717) is 6.04 Å². The van der Waals surface area contributed by atoms with Crippen molar-refractivity contribution in [3.63, 3.8) is 0 Å². The number of allylic oxidation sites excluding steroid dienone is 2. The normalized spacial score (nSPS) is 31.2. The zero-order valence-electron chi connectivity index (χ0n) is 11.4. The van der Waals surface area contributed by atoms with Gasteiger partial charge in [-0.2, -0.15) is 0 Å². The van der Waals surface area contributed by atoms with E-state index >= 15 is 0 Å². The highest BCUT2D eigenvalue weighted by atomic mass is 16.5. The van der Waals surface area contributed by atoms with E-state index in [2.05, 4.69) is 29.5 Å². The van der Waals surface area contributed by atoms with Crippen LogP contribution >= 0.6 is 0 Å². The van der Waals surface area contributed by atoms with E-state index in [1.807, 2.05) is 13.8 Å². The van der Waals surface area contributed by atoms with Crippen LogP contribution in [0.3, 0.4) is 0 Å². The molecule has 4 atom stereocenters. The van der Waals surface area contributed by atoms with Gasteiger partial charge in [-0.1, -0.05) is 17.3 Å². The number of rotatable bonds is 4. The molecule has 0 aromatic carbocycles. The smallest absolute Gasteiger partial charge is 0.138 e. The van der Waals surface area contributed by atoms with E-state index in [1.54, 1.807) is 0 Å². The van der Waals surface area contributed by atoms with Crippen molar-refractivity contribution in [1.29, 1.82) is 0 Å². The topological polar surface area (TPSA) is 38.1 Å². The number of hydrogen-bond acceptors (Lipinski definition) is 3. The second kappa shape index (κ2) is 4.54. The molecule has 0 spiro atoms. The first-order valence-electron chi connectivity index (χ1n) is 6.98. The third-order valence-electron chi connectivity index (χ3n) is 4.75. The highest BCUT2D eigenvalue weighted by molar-refractivity contribution is 5.20. The van der Waals surface area contributed by atoms with Crippen molar-refractivity contribution in [3.05, 3.63) is 29.2 Å². The average Bonchev–Trinajstić information content (AvgIpc) is 3.04. The SMILES string of the molecule is Cc1noc(C)c1CNC(C)C1CC2C=CC1C2. The van der Waals surface area contributed by atoms with Crippen molar-refractivity contribution in [2.75, 3.05) is 0 Å². The van der Waals surface area contributed by atoms with Gasteiger partial charge in [0.05, 0.1) is 5.69 Å². The van der Waals surface area contributed by atoms with Crippen LogP contribution in [0.25, 0.3) is 0 Å². The summed E-state index contributed by atoms with van der Waals surface area (Å²) < 4.78 is 5.20. The summed E-state index contributed by atoms with van der Waals surface area (Å²) in [6.07, 6.45) is 7.56. The maximum atomic E-state index is 5.20. The lowest BCUT2D eigenvalue weighted by molar-refractivity contribution is 0.325. The summed E-state index contributed by atoms with van der Waals surface area (Å²) >= 11 is 0. The molecule has 98 valence electrons. The second-order valence-electron chi connectivity index (χ2n) is 5.92. The van der Waals surface area contributed by atoms with E-state index in [-0.39, 0.29) is 0 Å². The van der Waals surface area contributed by atoms with Crippen LogP contribution in [0.15, 0.2) is 16.7 Å². The third-order valence-corrected chi connectivity index (χ3v) is 4.75. The van der Waals surface area contributed by atoms with Crippen molar-refractivity contribution < 1.29 is 4.52 Å². The first kappa shape index (κ1) is 12.0. The maximum absolute atomic E-state index is 5.20. The van der Waals surface area contributed by atoms with Crippen LogP contribution in [0, 0.1) is 31.6 Å². The summed E-state index contributed by atoms with van der Waals surface area (Å²) in [5.41, 5.74) is 2.24. The first-order valence-corrected chi connectivity index (χ1v) is 6.98. The number of aryl methyl sites for hydroxylation is 2. The maximum Gasteiger partial charge on any atom is 0.138 e. The molecule has 1 aromatic rings. The predicted octanol–water partition coefficient (Wildman–Crippen LogP) is 2.98. The molecule has 1 heterocycles. The van der Waals surface area contributed by atoms with Crippen LogP contribution < -0.4 is 5.32 Å². The number of nitrogens with one attached hydrogen (secondary N) is 1. The van der Waals surface area contributed by atoms with Crippen molar-refractivity contribution in [2.24, 2.45) is 17.8 Å². The minimum absolute atomic E-state index is 0.568. The Morgan fingerprint density at radius 1 is 1.39 bits per heavy atom. The fraction of sp³-hybridized carbons (Fsp3) is 0.667. The van der Waals surface area contributed by atoms with Crippen LogP contribution in [0.2, 0.25) is 0 Å². The van der Waals surface area contributed by atoms with Gasteiger partial charge >= 0.3 is 0 Å². The number of nitrogens with zero attached hydrogens (tertiary/aromatic N) is 1. The lowest BCUT2D eigenvalue weighted by Crippen LogP contribution is -2.35. The molecule has 2 bridgehead atoms. The number of aromatic nitrogens is 1. The Morgan fingerprint density at radius 2 is 2.22 bits per heavy atom. The lowest BCUT2D eigenvalue weighted by Gasteiger charge is -2.26. The van der Waals surface area contributed by atoms with Crippen LogP contribution in [0.1, 0.15) is 36.8 Å². The van der Waals surface area contributed by atoms with Gasteiger partial charge in [-0.15, -0.1) is 0 Å². The Bertz CT molecular complexity index is 444. The van der Waals surface area contributed by atoms with E-state index < -0.39 is 0 Å². The highest BCUT2D eigenvalue weighted by Crippen LogP contribution is 2.44. The zero-order chi connectivity index (χ0) is 12.7. The molecule has 1 fully saturated rings. The summed E-state index contributed by atoms with van der Waals surface area (Å²) in [6.45, 7) is 7.19. The highest BCUT2D eigenvalue weighted by Gasteiger charge is 2.38. The largest absolute Gasteiger partial charge is 0.361 e. The zero-order valence-corrected chi connectivity index (χ0v) is 11.4. The molecule has 2 aliphatic carbocycles. The number of hydrogen-bond donors (Lipinski definition) is 1. The molecule has 0 aliphatic heterocycles. The van der Waals surface area contributed by atoms with Gasteiger partial charge in [-0.05, 0) is 51.4 Å². The molecule has 1 N–H and O–H groups in total. The van der Waals surface area contributed by atoms with E-state index in [1.165, 1.54) is 18.4 Å². The van der Waals surface area contributed by atoms with Crippen LogP contribution in [-0.4, -0.2) is 11.2 Å². The lowest BCUT2D eigenvalue weighted by atomic mass is 9.87. The summed E-state index contributed by atoms with van der Waals surface area (Å²) in [6, 6.07) is 0.568. The van der Waals surface area contributed by atoms with Crippen LogP contribution in [0.5, 0.6) is 0 Å². The van der Waals surface area contributed by atoms with Gasteiger partial charge in [0.1, 0.15) is 5.76 Å². The number of fused-ring (bicyclic) bond motifs is 2. The van der Waals surface area contributed by atoms with Gasteiger partial charge in [0.25, 0.3) is 0 Å². The second-order valence-corrected chi connectivity index (χ2v) is 5.92. The molecule has 3 nitrogen and oxygen atoms in total. The summed E-state index contributed by atoms with van der Waals surface area (Å²) in [4.78, 5) is 0. The molecule has 1 saturated carbocycles. The quantitative estimate of drug-likeness (QED) is 0.830. The Kier molecular flexibility index (Phi) is 3.02. The van der Waals surface area contributed by atoms with Gasteiger partial charge in [0.15, 0.2) is 0 Å². The molecular weight excluding hydrogens is 224 g/mol. The first-order chi connectivity index (χ1) is 8.65. The van der Waals surface area contributed by atoms with E-state index in [4.69, 9.17) is 4.52 Å². The molecule has 3 rings (SSSR count). The predicted molar refractivity (Wildman–Crippen MR) is 71.1 cm³/mol. The Balaban J connectivity index is 1.59. The third kappa shape index (κ3) is 2.01. The van der Waals surface area contributed by atoms with Gasteiger partial charge in [-0.25, -0.2) is 0 Å². The van der Waals surface area contributed by atoms with Crippen molar-refractivity contribution in [1.82, 2.24) is 10.5 Å². The molecule has 0 amide bonds. The van der Waals surface area contributed by atoms with Crippen molar-refractivity contribution in [2.45, 2.75) is 46.2 Å². The van der Waals surface area contributed by atoms with Crippen LogP contribution in [-0.2, 0) is 6.54 Å². The monoisotopic (exact) mass is 246 g/mol. The fourth-order valence-corrected chi connectivity index (χ4v) is 3.57. The molecule has 1 aromatic heterocycles. The minimum Gasteiger partial charge on any atom is -0.361 e. The molecule has 0 radical (unpaired) electrons. The van der Waals surface area contributed by atoms with Gasteiger partial charge < -0.3 is 9.84 Å². The Hall–Kier alpha value is -1.09. The molecule has 0 saturated heterocycles. The molecule has 4 unspecified atom stereocenters. The van der Waals surface area contributed by atoms with Gasteiger partial charge in [-0.3, -0.25) is 0 Å². The molecule has 18 heavy (non-hydrogen) atoms. The van der Waals surface area contributed by atoms with Gasteiger partial charge in [0.2, 0.25) is 0 Å². The van der Waals surface area contributed by atoms with Gasteiger partial charge in [0, 0.05) is 18.2 Å². The van der Waals surface area contributed by atoms with E-state index in [9.17, 15) is 0 Å². The van der Waals surface area contributed by atoms with Crippen LogP contribution in [0.4, 0.5) is 0 Å². The van der Waals surface area contributed by atoms with E-state index in [0.717, 1.165) is 35.8 Å². The molecule has 2 aliphatic rings. The Labute approximate surface area is 109 Å². The molecule has 3 heteroatoms. The average molecular weight is 246 g/mol. The fourth-order valence-electron chi connectivity index (χ4n) is 3.57. The standard InChI is InChI=1S/C15H22N2O/c1-9(14-7-12-4-5-13(14)6-12)16-8-15-10(2)17-18-11(15)3/h4-5,9,12-14,16H,6-8H2,1-3H3. The summed E-state index contributed by atoms with van der Waals surface area (Å²) in [5.74, 6) is 3.41. The summed E-state index contributed by atoms with van der Waals surface area (Å²) in [7, 11) is 0. The van der Waals surface area contributed by atoms with Crippen molar-refractivity contribution >= 4 is 0 Å². The summed E-state index contributed by atoms with van der Waals surface area (Å²) in [5, 5.41) is 7.66. The van der Waals surface area contributed by atoms with Crippen molar-refractivity contribution in [3.8, 4) is 0 Å². The molecular formula is C15H22N2O. The minimum atomic E-state index is 0.568. The Morgan fingerprint density at radius 3 is 2.78 bits per heavy atom.